The summed E-state index contributed by atoms with van der Waals surface area (Å²) in [5.74, 6) is 0. The molecule has 0 aliphatic carbocycles. The lowest BCUT2D eigenvalue weighted by molar-refractivity contribution is 0.445. The molecule has 0 radical (unpaired) electrons. The fourth-order valence-corrected chi connectivity index (χ4v) is 5.42. The average molecular weight is 425 g/mol. The Hall–Kier alpha value is -1.74. The molecule has 0 spiro atoms. The van der Waals surface area contributed by atoms with Crippen molar-refractivity contribution in [3.63, 3.8) is 0 Å². The van der Waals surface area contributed by atoms with Crippen molar-refractivity contribution in [2.45, 2.75) is 42.9 Å². The number of nitrogens with one attached hydrogen (secondary N) is 1. The van der Waals surface area contributed by atoms with E-state index in [9.17, 15) is 16.8 Å². The van der Waals surface area contributed by atoms with Crippen LogP contribution in [-0.4, -0.2) is 40.8 Å². The van der Waals surface area contributed by atoms with Gasteiger partial charge in [0.25, 0.3) is 0 Å². The van der Waals surface area contributed by atoms with Gasteiger partial charge < -0.3 is 0 Å². The fourth-order valence-electron chi connectivity index (χ4n) is 2.89. The highest BCUT2D eigenvalue weighted by atomic mass is 32.2. The standard InChI is InChI=1S/C20H28N2O4S2/c1-3-22(4-2)28(25,26)20-15-13-19(14-16-20)27(23,24)21-17-9-8-12-18-10-6-5-7-11-18/h5-7,10-11,13-16,21H,3-4,8-9,12,17H2,1-2H3. The first kappa shape index (κ1) is 22.5. The highest BCUT2D eigenvalue weighted by Gasteiger charge is 2.22. The molecule has 0 aliphatic heterocycles. The maximum atomic E-state index is 12.5. The monoisotopic (exact) mass is 424 g/mol. The maximum absolute atomic E-state index is 12.5. The van der Waals surface area contributed by atoms with Crippen molar-refractivity contribution in [3.8, 4) is 0 Å². The van der Waals surface area contributed by atoms with Crippen LogP contribution in [0.15, 0.2) is 64.4 Å². The van der Waals surface area contributed by atoms with E-state index < -0.39 is 20.0 Å². The molecule has 0 aliphatic rings. The van der Waals surface area contributed by atoms with Gasteiger partial charge in [-0.15, -0.1) is 0 Å². The zero-order valence-corrected chi connectivity index (χ0v) is 18.0. The van der Waals surface area contributed by atoms with Gasteiger partial charge in [0.15, 0.2) is 0 Å². The summed E-state index contributed by atoms with van der Waals surface area (Å²) in [5, 5.41) is 0. The smallest absolute Gasteiger partial charge is 0.211 e. The molecule has 154 valence electrons. The van der Waals surface area contributed by atoms with Crippen LogP contribution in [0, 0.1) is 0 Å². The van der Waals surface area contributed by atoms with Crippen molar-refractivity contribution < 1.29 is 16.8 Å². The summed E-state index contributed by atoms with van der Waals surface area (Å²) in [6, 6.07) is 15.4. The van der Waals surface area contributed by atoms with Gasteiger partial charge in [0, 0.05) is 19.6 Å². The maximum Gasteiger partial charge on any atom is 0.243 e. The number of unbranched alkanes of at least 4 members (excludes halogenated alkanes) is 1. The fraction of sp³-hybridized carbons (Fsp3) is 0.400. The molecule has 0 amide bonds. The van der Waals surface area contributed by atoms with Gasteiger partial charge in [0.1, 0.15) is 0 Å². The molecular formula is C20H28N2O4S2. The van der Waals surface area contributed by atoms with Crippen molar-refractivity contribution in [2.24, 2.45) is 0 Å². The summed E-state index contributed by atoms with van der Waals surface area (Å²) in [5.41, 5.74) is 1.23. The van der Waals surface area contributed by atoms with Gasteiger partial charge in [0.2, 0.25) is 20.0 Å². The molecule has 1 N–H and O–H groups in total. The Bertz CT molecular complexity index is 937. The molecule has 0 unspecified atom stereocenters. The Balaban J connectivity index is 1.92. The van der Waals surface area contributed by atoms with E-state index in [1.807, 2.05) is 18.2 Å². The largest absolute Gasteiger partial charge is 0.243 e. The number of nitrogens with zero attached hydrogens (tertiary/aromatic N) is 1. The average Bonchev–Trinajstić information content (AvgIpc) is 2.69. The molecule has 0 heterocycles. The molecule has 6 nitrogen and oxygen atoms in total. The van der Waals surface area contributed by atoms with Crippen molar-refractivity contribution in [3.05, 3.63) is 60.2 Å². The van der Waals surface area contributed by atoms with Crippen LogP contribution in [0.5, 0.6) is 0 Å². The van der Waals surface area contributed by atoms with Crippen LogP contribution in [0.4, 0.5) is 0 Å². The molecule has 0 bridgehead atoms. The number of sulfonamides is 2. The Labute approximate surface area is 168 Å². The van der Waals surface area contributed by atoms with Crippen LogP contribution in [0.1, 0.15) is 32.3 Å². The van der Waals surface area contributed by atoms with Gasteiger partial charge in [-0.05, 0) is 49.1 Å². The predicted octanol–water partition coefficient (Wildman–Crippen LogP) is 3.02. The Morgan fingerprint density at radius 2 is 1.36 bits per heavy atom. The van der Waals surface area contributed by atoms with E-state index in [0.717, 1.165) is 19.3 Å². The summed E-state index contributed by atoms with van der Waals surface area (Å²) in [7, 11) is -7.25. The highest BCUT2D eigenvalue weighted by molar-refractivity contribution is 7.89. The quantitative estimate of drug-likeness (QED) is 0.562. The van der Waals surface area contributed by atoms with E-state index >= 15 is 0 Å². The van der Waals surface area contributed by atoms with Crippen LogP contribution in [0.2, 0.25) is 0 Å². The normalized spacial score (nSPS) is 12.4. The SMILES string of the molecule is CCN(CC)S(=O)(=O)c1ccc(S(=O)(=O)NCCCCc2ccccc2)cc1. The topological polar surface area (TPSA) is 83.6 Å². The van der Waals surface area contributed by atoms with Crippen LogP contribution < -0.4 is 4.72 Å². The van der Waals surface area contributed by atoms with E-state index in [-0.39, 0.29) is 9.79 Å². The number of hydrogen-bond acceptors (Lipinski definition) is 4. The van der Waals surface area contributed by atoms with Gasteiger partial charge in [-0.1, -0.05) is 44.2 Å². The van der Waals surface area contributed by atoms with E-state index in [1.165, 1.54) is 34.1 Å². The van der Waals surface area contributed by atoms with E-state index in [4.69, 9.17) is 0 Å². The molecule has 28 heavy (non-hydrogen) atoms. The molecule has 8 heteroatoms. The van der Waals surface area contributed by atoms with Crippen molar-refractivity contribution in [1.82, 2.24) is 9.03 Å². The second kappa shape index (κ2) is 10.2. The Morgan fingerprint density at radius 3 is 1.93 bits per heavy atom. The summed E-state index contributed by atoms with van der Waals surface area (Å²) in [6.07, 6.45) is 2.51. The van der Waals surface area contributed by atoms with Crippen LogP contribution in [0.25, 0.3) is 0 Å². The second-order valence-corrected chi connectivity index (χ2v) is 10.1. The Morgan fingerprint density at radius 1 is 0.786 bits per heavy atom. The minimum absolute atomic E-state index is 0.0639. The van der Waals surface area contributed by atoms with E-state index in [0.29, 0.717) is 19.6 Å². The van der Waals surface area contributed by atoms with Gasteiger partial charge in [0.05, 0.1) is 9.79 Å². The first-order chi connectivity index (χ1) is 13.3. The van der Waals surface area contributed by atoms with Gasteiger partial charge in [-0.25, -0.2) is 21.6 Å². The number of benzene rings is 2. The third-order valence-corrected chi connectivity index (χ3v) is 8.05. The summed E-state index contributed by atoms with van der Waals surface area (Å²) in [4.78, 5) is 0.159. The summed E-state index contributed by atoms with van der Waals surface area (Å²) >= 11 is 0. The number of hydrogen-bond donors (Lipinski definition) is 1. The molecule has 0 saturated carbocycles. The lowest BCUT2D eigenvalue weighted by Crippen LogP contribution is -2.30. The van der Waals surface area contributed by atoms with Crippen LogP contribution in [0.3, 0.4) is 0 Å². The molecule has 0 fully saturated rings. The molecule has 2 aromatic rings. The summed E-state index contributed by atoms with van der Waals surface area (Å²) < 4.78 is 53.7. The molecule has 2 rings (SSSR count). The second-order valence-electron chi connectivity index (χ2n) is 6.40. The third kappa shape index (κ3) is 5.88. The molecule has 0 aromatic heterocycles. The molecular weight excluding hydrogens is 396 g/mol. The highest BCUT2D eigenvalue weighted by Crippen LogP contribution is 2.18. The Kier molecular flexibility index (Phi) is 8.18. The minimum atomic E-state index is -3.66. The number of rotatable bonds is 11. The first-order valence-electron chi connectivity index (χ1n) is 9.45. The zero-order valence-electron chi connectivity index (χ0n) is 16.3. The first-order valence-corrected chi connectivity index (χ1v) is 12.4. The van der Waals surface area contributed by atoms with Gasteiger partial charge in [-0.3, -0.25) is 0 Å². The van der Waals surface area contributed by atoms with Crippen molar-refractivity contribution in [2.75, 3.05) is 19.6 Å². The van der Waals surface area contributed by atoms with Crippen molar-refractivity contribution >= 4 is 20.0 Å². The van der Waals surface area contributed by atoms with E-state index in [1.54, 1.807) is 13.8 Å². The van der Waals surface area contributed by atoms with Crippen LogP contribution in [-0.2, 0) is 26.5 Å². The van der Waals surface area contributed by atoms with Gasteiger partial charge >= 0.3 is 0 Å². The molecule has 0 atom stereocenters. The van der Waals surface area contributed by atoms with Crippen molar-refractivity contribution in [1.29, 1.82) is 0 Å². The van der Waals surface area contributed by atoms with E-state index in [2.05, 4.69) is 16.9 Å². The third-order valence-electron chi connectivity index (χ3n) is 4.50. The predicted molar refractivity (Wildman–Crippen MR) is 111 cm³/mol. The number of aryl methyl sites for hydroxylation is 1. The minimum Gasteiger partial charge on any atom is -0.211 e. The van der Waals surface area contributed by atoms with Gasteiger partial charge in [-0.2, -0.15) is 4.31 Å². The summed E-state index contributed by atoms with van der Waals surface area (Å²) in [6.45, 7) is 4.60. The lowest BCUT2D eigenvalue weighted by atomic mass is 10.1. The van der Waals surface area contributed by atoms with Crippen LogP contribution >= 0.6 is 0 Å². The molecule has 2 aromatic carbocycles. The molecule has 0 saturated heterocycles. The lowest BCUT2D eigenvalue weighted by Gasteiger charge is -2.18. The zero-order chi connectivity index (χ0) is 20.6.